The molecular formula is C13H16ClN3O2S. The van der Waals surface area contributed by atoms with Crippen LogP contribution in [0.25, 0.3) is 5.69 Å². The molecule has 20 heavy (non-hydrogen) atoms. The minimum absolute atomic E-state index is 0.000812. The second-order valence-corrected chi connectivity index (χ2v) is 6.39. The Morgan fingerprint density at radius 2 is 2.00 bits per heavy atom. The van der Waals surface area contributed by atoms with Gasteiger partial charge in [-0.15, -0.1) is 0 Å². The molecule has 1 aromatic carbocycles. The van der Waals surface area contributed by atoms with Crippen LogP contribution in [-0.4, -0.2) is 24.7 Å². The van der Waals surface area contributed by atoms with Crippen LogP contribution in [0.1, 0.15) is 19.8 Å². The molecule has 108 valence electrons. The smallest absolute Gasteiger partial charge is 0.221 e. The molecule has 0 fully saturated rings. The van der Waals surface area contributed by atoms with Crippen LogP contribution in [0.2, 0.25) is 5.15 Å². The first-order valence-electron chi connectivity index (χ1n) is 6.35. The lowest BCUT2D eigenvalue weighted by Gasteiger charge is -2.05. The standard InChI is InChI=1S/C13H16ClN3O2S/c1-2-3-9-16-20(18,19)12-10-15-17(13(12)14)11-7-5-4-6-8-11/h4-8,10,16H,2-3,9H2,1H3. The lowest BCUT2D eigenvalue weighted by molar-refractivity contribution is 0.578. The molecule has 1 aromatic heterocycles. The number of rotatable bonds is 6. The summed E-state index contributed by atoms with van der Waals surface area (Å²) in [6.07, 6.45) is 2.97. The maximum Gasteiger partial charge on any atom is 0.245 e. The molecule has 0 unspecified atom stereocenters. The second kappa shape index (κ2) is 6.39. The van der Waals surface area contributed by atoms with Gasteiger partial charge < -0.3 is 0 Å². The first kappa shape index (κ1) is 15.0. The molecule has 0 aliphatic carbocycles. The van der Waals surface area contributed by atoms with Gasteiger partial charge in [-0.25, -0.2) is 17.8 Å². The van der Waals surface area contributed by atoms with Gasteiger partial charge in [-0.3, -0.25) is 0 Å². The maximum atomic E-state index is 12.1. The van der Waals surface area contributed by atoms with E-state index in [4.69, 9.17) is 11.6 Å². The molecule has 0 aliphatic heterocycles. The highest BCUT2D eigenvalue weighted by atomic mass is 35.5. The zero-order valence-corrected chi connectivity index (χ0v) is 12.7. The third kappa shape index (κ3) is 3.20. The predicted molar refractivity (Wildman–Crippen MR) is 78.7 cm³/mol. The van der Waals surface area contributed by atoms with Crippen LogP contribution in [0, 0.1) is 0 Å². The molecule has 0 spiro atoms. The summed E-state index contributed by atoms with van der Waals surface area (Å²) in [7, 11) is -3.62. The van der Waals surface area contributed by atoms with E-state index in [0.29, 0.717) is 12.2 Å². The SMILES string of the molecule is CCCCNS(=O)(=O)c1cnn(-c2ccccc2)c1Cl. The largest absolute Gasteiger partial charge is 0.245 e. The van der Waals surface area contributed by atoms with E-state index in [0.717, 1.165) is 12.8 Å². The average Bonchev–Trinajstić information content (AvgIpc) is 2.82. The van der Waals surface area contributed by atoms with Crippen molar-refractivity contribution in [3.05, 3.63) is 41.7 Å². The van der Waals surface area contributed by atoms with Crippen molar-refractivity contribution in [2.75, 3.05) is 6.54 Å². The van der Waals surface area contributed by atoms with E-state index in [9.17, 15) is 8.42 Å². The molecular weight excluding hydrogens is 298 g/mol. The lowest BCUT2D eigenvalue weighted by Crippen LogP contribution is -2.24. The molecule has 0 aliphatic rings. The summed E-state index contributed by atoms with van der Waals surface area (Å²) in [6.45, 7) is 2.39. The molecule has 1 heterocycles. The van der Waals surface area contributed by atoms with Crippen molar-refractivity contribution >= 4 is 21.6 Å². The van der Waals surface area contributed by atoms with E-state index in [-0.39, 0.29) is 10.0 Å². The average molecular weight is 314 g/mol. The van der Waals surface area contributed by atoms with E-state index in [2.05, 4.69) is 9.82 Å². The third-order valence-electron chi connectivity index (χ3n) is 2.79. The predicted octanol–water partition coefficient (Wildman–Crippen LogP) is 2.60. The molecule has 0 radical (unpaired) electrons. The topological polar surface area (TPSA) is 64.0 Å². The fraction of sp³-hybridized carbons (Fsp3) is 0.308. The van der Waals surface area contributed by atoms with E-state index in [1.807, 2.05) is 25.1 Å². The number of hydrogen-bond donors (Lipinski definition) is 1. The molecule has 0 saturated carbocycles. The molecule has 0 amide bonds. The molecule has 2 aromatic rings. The summed E-state index contributed by atoms with van der Waals surface area (Å²) in [5, 5.41) is 4.13. The summed E-state index contributed by atoms with van der Waals surface area (Å²) < 4.78 is 28.2. The molecule has 0 saturated heterocycles. The Morgan fingerprint density at radius 1 is 1.30 bits per heavy atom. The third-order valence-corrected chi connectivity index (χ3v) is 4.73. The highest BCUT2D eigenvalue weighted by Gasteiger charge is 2.22. The van der Waals surface area contributed by atoms with Crippen LogP contribution in [0.15, 0.2) is 41.4 Å². The van der Waals surface area contributed by atoms with Gasteiger partial charge in [0.2, 0.25) is 10.0 Å². The van der Waals surface area contributed by atoms with Gasteiger partial charge in [0.25, 0.3) is 0 Å². The molecule has 5 nitrogen and oxygen atoms in total. The maximum absolute atomic E-state index is 12.1. The van der Waals surface area contributed by atoms with Crippen LogP contribution in [-0.2, 0) is 10.0 Å². The minimum Gasteiger partial charge on any atom is -0.221 e. The molecule has 7 heteroatoms. The molecule has 1 N–H and O–H groups in total. The number of aromatic nitrogens is 2. The summed E-state index contributed by atoms with van der Waals surface area (Å²) in [5.74, 6) is 0. The fourth-order valence-electron chi connectivity index (χ4n) is 1.71. The van der Waals surface area contributed by atoms with E-state index in [1.54, 1.807) is 12.1 Å². The summed E-state index contributed by atoms with van der Waals surface area (Å²) >= 11 is 6.14. The first-order chi connectivity index (χ1) is 9.56. The number of nitrogens with one attached hydrogen (secondary N) is 1. The number of sulfonamides is 1. The summed E-state index contributed by atoms with van der Waals surface area (Å²) in [6, 6.07) is 9.15. The van der Waals surface area contributed by atoms with Crippen molar-refractivity contribution < 1.29 is 8.42 Å². The van der Waals surface area contributed by atoms with Gasteiger partial charge in [-0.1, -0.05) is 43.1 Å². The lowest BCUT2D eigenvalue weighted by atomic mass is 10.3. The Balaban J connectivity index is 2.29. The molecule has 0 bridgehead atoms. The van der Waals surface area contributed by atoms with E-state index in [1.165, 1.54) is 10.9 Å². The minimum atomic E-state index is -3.62. The zero-order valence-electron chi connectivity index (χ0n) is 11.1. The Kier molecular flexibility index (Phi) is 4.80. The molecule has 2 rings (SSSR count). The Hall–Kier alpha value is -1.37. The number of nitrogens with zero attached hydrogens (tertiary/aromatic N) is 2. The van der Waals surface area contributed by atoms with E-state index < -0.39 is 10.0 Å². The van der Waals surface area contributed by atoms with Crippen molar-refractivity contribution in [1.82, 2.24) is 14.5 Å². The van der Waals surface area contributed by atoms with Gasteiger partial charge in [0.15, 0.2) is 5.15 Å². The number of unbranched alkanes of at least 4 members (excludes halogenated alkanes) is 1. The van der Waals surface area contributed by atoms with E-state index >= 15 is 0 Å². The quantitative estimate of drug-likeness (QED) is 0.834. The van der Waals surface area contributed by atoms with Crippen LogP contribution in [0.4, 0.5) is 0 Å². The summed E-state index contributed by atoms with van der Waals surface area (Å²) in [5.41, 5.74) is 0.715. The van der Waals surface area contributed by atoms with Gasteiger partial charge in [-0.05, 0) is 18.6 Å². The normalized spacial score (nSPS) is 11.7. The number of halogens is 1. The Morgan fingerprint density at radius 3 is 2.65 bits per heavy atom. The Bertz CT molecular complexity index is 668. The van der Waals surface area contributed by atoms with Crippen molar-refractivity contribution in [3.63, 3.8) is 0 Å². The van der Waals surface area contributed by atoms with Crippen molar-refractivity contribution in [3.8, 4) is 5.69 Å². The van der Waals surface area contributed by atoms with Gasteiger partial charge in [0.05, 0.1) is 11.9 Å². The zero-order chi connectivity index (χ0) is 14.6. The van der Waals surface area contributed by atoms with Gasteiger partial charge in [0.1, 0.15) is 4.90 Å². The first-order valence-corrected chi connectivity index (χ1v) is 8.21. The summed E-state index contributed by atoms with van der Waals surface area (Å²) in [4.78, 5) is -0.000812. The highest BCUT2D eigenvalue weighted by Crippen LogP contribution is 2.23. The second-order valence-electron chi connectivity index (χ2n) is 4.30. The number of benzene rings is 1. The van der Waals surface area contributed by atoms with Crippen LogP contribution < -0.4 is 4.72 Å². The molecule has 0 atom stereocenters. The van der Waals surface area contributed by atoms with Crippen LogP contribution in [0.3, 0.4) is 0 Å². The Labute approximate surface area is 123 Å². The van der Waals surface area contributed by atoms with Crippen LogP contribution >= 0.6 is 11.6 Å². The van der Waals surface area contributed by atoms with Crippen molar-refractivity contribution in [1.29, 1.82) is 0 Å². The fourth-order valence-corrected chi connectivity index (χ4v) is 3.27. The van der Waals surface area contributed by atoms with Gasteiger partial charge >= 0.3 is 0 Å². The highest BCUT2D eigenvalue weighted by molar-refractivity contribution is 7.89. The van der Waals surface area contributed by atoms with Gasteiger partial charge in [0, 0.05) is 6.54 Å². The van der Waals surface area contributed by atoms with Crippen molar-refractivity contribution in [2.45, 2.75) is 24.7 Å². The van der Waals surface area contributed by atoms with Crippen molar-refractivity contribution in [2.24, 2.45) is 0 Å². The number of para-hydroxylation sites is 1. The van der Waals surface area contributed by atoms with Crippen LogP contribution in [0.5, 0.6) is 0 Å². The van der Waals surface area contributed by atoms with Gasteiger partial charge in [-0.2, -0.15) is 5.10 Å². The number of hydrogen-bond acceptors (Lipinski definition) is 3. The monoisotopic (exact) mass is 313 g/mol.